The summed E-state index contributed by atoms with van der Waals surface area (Å²) in [7, 11) is 0. The highest BCUT2D eigenvalue weighted by molar-refractivity contribution is 5.81. The Hall–Kier alpha value is -1.26. The number of nitrogens with zero attached hydrogens (tertiary/aromatic N) is 2. The Morgan fingerprint density at radius 3 is 2.62 bits per heavy atom. The second kappa shape index (κ2) is 8.21. The zero-order chi connectivity index (χ0) is 16.9. The maximum Gasteiger partial charge on any atom is 0.222 e. The van der Waals surface area contributed by atoms with Crippen LogP contribution < -0.4 is 10.6 Å². The quantitative estimate of drug-likeness (QED) is 0.600. The van der Waals surface area contributed by atoms with Crippen molar-refractivity contribution >= 4 is 11.9 Å². The first-order valence-electron chi connectivity index (χ1n) is 10.1. The number of amides is 1. The first kappa shape index (κ1) is 17.6. The zero-order valence-corrected chi connectivity index (χ0v) is 15.4. The van der Waals surface area contributed by atoms with Gasteiger partial charge in [-0.15, -0.1) is 0 Å². The number of aliphatic imine (C=N–C) groups is 1. The van der Waals surface area contributed by atoms with Crippen molar-refractivity contribution in [2.45, 2.75) is 77.3 Å². The lowest BCUT2D eigenvalue weighted by Gasteiger charge is -2.23. The van der Waals surface area contributed by atoms with Crippen molar-refractivity contribution in [3.05, 3.63) is 0 Å². The van der Waals surface area contributed by atoms with Gasteiger partial charge in [0.1, 0.15) is 0 Å². The molecule has 1 heterocycles. The van der Waals surface area contributed by atoms with Gasteiger partial charge in [-0.1, -0.05) is 39.0 Å². The zero-order valence-electron chi connectivity index (χ0n) is 15.4. The van der Waals surface area contributed by atoms with Crippen LogP contribution in [0.4, 0.5) is 0 Å². The molecule has 3 atom stereocenters. The highest BCUT2D eigenvalue weighted by atomic mass is 16.2. The van der Waals surface area contributed by atoms with Crippen LogP contribution in [-0.4, -0.2) is 48.5 Å². The molecule has 0 aromatic rings. The second-order valence-electron chi connectivity index (χ2n) is 7.69. The fourth-order valence-corrected chi connectivity index (χ4v) is 4.45. The van der Waals surface area contributed by atoms with Crippen molar-refractivity contribution in [2.75, 3.05) is 19.6 Å². The summed E-state index contributed by atoms with van der Waals surface area (Å²) in [6.07, 6.45) is 10.1. The molecule has 5 heteroatoms. The number of hydrogen-bond acceptors (Lipinski definition) is 2. The van der Waals surface area contributed by atoms with E-state index in [1.165, 1.54) is 38.5 Å². The Balaban J connectivity index is 1.46. The van der Waals surface area contributed by atoms with Gasteiger partial charge in [-0.05, 0) is 31.6 Å². The third-order valence-electron chi connectivity index (χ3n) is 5.92. The molecule has 3 rings (SSSR count). The minimum absolute atomic E-state index is 0.265. The largest absolute Gasteiger partial charge is 0.353 e. The topological polar surface area (TPSA) is 56.7 Å². The van der Waals surface area contributed by atoms with Crippen LogP contribution in [0, 0.1) is 11.8 Å². The molecule has 0 aromatic carbocycles. The van der Waals surface area contributed by atoms with Crippen LogP contribution in [0.25, 0.3) is 0 Å². The molecule has 1 amide bonds. The maximum absolute atomic E-state index is 11.8. The number of nitrogens with one attached hydrogen (secondary N) is 2. The highest BCUT2D eigenvalue weighted by Crippen LogP contribution is 2.44. The van der Waals surface area contributed by atoms with Gasteiger partial charge < -0.3 is 15.5 Å². The van der Waals surface area contributed by atoms with Gasteiger partial charge in [0.2, 0.25) is 5.91 Å². The van der Waals surface area contributed by atoms with Gasteiger partial charge in [-0.3, -0.25) is 9.79 Å². The molecule has 1 aliphatic heterocycles. The number of hydrogen-bond donors (Lipinski definition) is 2. The molecule has 24 heavy (non-hydrogen) atoms. The number of rotatable bonds is 5. The molecule has 3 unspecified atom stereocenters. The third kappa shape index (κ3) is 4.42. The molecule has 136 valence electrons. The van der Waals surface area contributed by atoms with E-state index in [-0.39, 0.29) is 5.91 Å². The van der Waals surface area contributed by atoms with E-state index in [1.54, 1.807) is 0 Å². The monoisotopic (exact) mass is 334 g/mol. The van der Waals surface area contributed by atoms with Crippen molar-refractivity contribution in [3.8, 4) is 0 Å². The Bertz CT molecular complexity index is 458. The number of carbonyl (C=O) groups is 1. The fourth-order valence-electron chi connectivity index (χ4n) is 4.45. The second-order valence-corrected chi connectivity index (χ2v) is 7.69. The minimum Gasteiger partial charge on any atom is -0.353 e. The molecule has 0 bridgehead atoms. The van der Waals surface area contributed by atoms with Crippen LogP contribution >= 0.6 is 0 Å². The molecule has 0 aromatic heterocycles. The molecular weight excluding hydrogens is 300 g/mol. The predicted molar refractivity (Wildman–Crippen MR) is 98.0 cm³/mol. The number of guanidine groups is 1. The van der Waals surface area contributed by atoms with Crippen LogP contribution in [0.5, 0.6) is 0 Å². The van der Waals surface area contributed by atoms with E-state index in [4.69, 9.17) is 0 Å². The van der Waals surface area contributed by atoms with Crippen molar-refractivity contribution in [3.63, 3.8) is 0 Å². The van der Waals surface area contributed by atoms with E-state index in [0.29, 0.717) is 18.5 Å². The molecule has 5 nitrogen and oxygen atoms in total. The predicted octanol–water partition coefficient (Wildman–Crippen LogP) is 2.52. The van der Waals surface area contributed by atoms with Crippen LogP contribution in [0.1, 0.15) is 65.2 Å². The molecular formula is C19H34N4O. The summed E-state index contributed by atoms with van der Waals surface area (Å²) >= 11 is 0. The van der Waals surface area contributed by atoms with E-state index >= 15 is 0 Å². The Morgan fingerprint density at radius 1 is 1.12 bits per heavy atom. The number of likely N-dealkylation sites (tertiary alicyclic amines) is 1. The summed E-state index contributed by atoms with van der Waals surface area (Å²) in [6, 6.07) is 0.950. The van der Waals surface area contributed by atoms with E-state index in [1.807, 2.05) is 11.8 Å². The van der Waals surface area contributed by atoms with Crippen molar-refractivity contribution < 1.29 is 4.79 Å². The van der Waals surface area contributed by atoms with Crippen molar-refractivity contribution in [1.29, 1.82) is 0 Å². The molecule has 2 saturated carbocycles. The molecule has 0 radical (unpaired) electrons. The minimum atomic E-state index is 0.265. The molecule has 3 aliphatic rings. The first-order chi connectivity index (χ1) is 11.7. The number of carbonyl (C=O) groups excluding carboxylic acids is 1. The van der Waals surface area contributed by atoms with Crippen LogP contribution in [0.15, 0.2) is 4.99 Å². The van der Waals surface area contributed by atoms with Gasteiger partial charge in [0.15, 0.2) is 5.96 Å². The lowest BCUT2D eigenvalue weighted by molar-refractivity contribution is -0.129. The maximum atomic E-state index is 11.8. The average molecular weight is 335 g/mol. The molecule has 2 aliphatic carbocycles. The van der Waals surface area contributed by atoms with E-state index < -0.39 is 0 Å². The SMILES string of the molecule is CCN=C(NC1CCN(C(=O)CC)C1)NC1CC1C1CCCCC1. The van der Waals surface area contributed by atoms with E-state index in [2.05, 4.69) is 22.5 Å². The van der Waals surface area contributed by atoms with Crippen LogP contribution in [0.3, 0.4) is 0 Å². The van der Waals surface area contributed by atoms with Gasteiger partial charge in [0.05, 0.1) is 0 Å². The summed E-state index contributed by atoms with van der Waals surface area (Å²) in [5, 5.41) is 7.23. The molecule has 1 saturated heterocycles. The van der Waals surface area contributed by atoms with Crippen LogP contribution in [0.2, 0.25) is 0 Å². The van der Waals surface area contributed by atoms with Gasteiger partial charge in [-0.25, -0.2) is 0 Å². The molecule has 2 N–H and O–H groups in total. The van der Waals surface area contributed by atoms with Gasteiger partial charge in [0.25, 0.3) is 0 Å². The fraction of sp³-hybridized carbons (Fsp3) is 0.895. The smallest absolute Gasteiger partial charge is 0.222 e. The van der Waals surface area contributed by atoms with Gasteiger partial charge in [0, 0.05) is 38.1 Å². The van der Waals surface area contributed by atoms with E-state index in [9.17, 15) is 4.79 Å². The summed E-state index contributed by atoms with van der Waals surface area (Å²) in [5.74, 6) is 3.01. The summed E-state index contributed by atoms with van der Waals surface area (Å²) in [4.78, 5) is 18.4. The standard InChI is InChI=1S/C19H34N4O/c1-3-18(24)23-11-10-15(13-23)21-19(20-4-2)22-17-12-16(17)14-8-6-5-7-9-14/h14-17H,3-13H2,1-2H3,(H2,20,21,22). The summed E-state index contributed by atoms with van der Waals surface area (Å²) < 4.78 is 0. The Morgan fingerprint density at radius 2 is 1.92 bits per heavy atom. The van der Waals surface area contributed by atoms with Crippen molar-refractivity contribution in [2.24, 2.45) is 16.8 Å². The highest BCUT2D eigenvalue weighted by Gasteiger charge is 2.43. The summed E-state index contributed by atoms with van der Waals surface area (Å²) in [5.41, 5.74) is 0. The van der Waals surface area contributed by atoms with Gasteiger partial charge in [-0.2, -0.15) is 0 Å². The normalized spacial score (nSPS) is 31.2. The average Bonchev–Trinajstić information content (AvgIpc) is 3.22. The van der Waals surface area contributed by atoms with Crippen LogP contribution in [-0.2, 0) is 4.79 Å². The molecule has 0 spiro atoms. The first-order valence-corrected chi connectivity index (χ1v) is 10.1. The van der Waals surface area contributed by atoms with Gasteiger partial charge >= 0.3 is 0 Å². The third-order valence-corrected chi connectivity index (χ3v) is 5.92. The van der Waals surface area contributed by atoms with Crippen molar-refractivity contribution in [1.82, 2.24) is 15.5 Å². The Labute approximate surface area is 146 Å². The summed E-state index contributed by atoms with van der Waals surface area (Å²) in [6.45, 7) is 6.50. The lowest BCUT2D eigenvalue weighted by Crippen LogP contribution is -2.46. The lowest BCUT2D eigenvalue weighted by atomic mass is 9.85. The molecule has 3 fully saturated rings. The Kier molecular flexibility index (Phi) is 6.01. The van der Waals surface area contributed by atoms with E-state index in [0.717, 1.165) is 43.9 Å².